The molecule has 0 aliphatic rings. The van der Waals surface area contributed by atoms with E-state index in [0.29, 0.717) is 11.1 Å². The van der Waals surface area contributed by atoms with Gasteiger partial charge in [0.05, 0.1) is 10.6 Å². The molecule has 1 aromatic carbocycles. The third-order valence-electron chi connectivity index (χ3n) is 2.85. The second-order valence-electron chi connectivity index (χ2n) is 4.41. The molecule has 1 N–H and O–H groups in total. The summed E-state index contributed by atoms with van der Waals surface area (Å²) in [5.41, 5.74) is -0.152. The van der Waals surface area contributed by atoms with Crippen LogP contribution in [0.3, 0.4) is 0 Å². The van der Waals surface area contributed by atoms with E-state index in [2.05, 4.69) is 4.98 Å². The van der Waals surface area contributed by atoms with Crippen LogP contribution in [0, 0.1) is 5.82 Å². The fourth-order valence-electron chi connectivity index (χ4n) is 1.84. The molecular formula is C14H13ClFNO. The lowest BCUT2D eigenvalue weighted by atomic mass is 9.90. The minimum Gasteiger partial charge on any atom is -0.385 e. The van der Waals surface area contributed by atoms with Gasteiger partial charge in [-0.15, -0.1) is 0 Å². The summed E-state index contributed by atoms with van der Waals surface area (Å²) >= 11 is 5.72. The minimum atomic E-state index is -1.18. The number of aliphatic hydroxyl groups is 1. The molecule has 18 heavy (non-hydrogen) atoms. The van der Waals surface area contributed by atoms with Gasteiger partial charge in [0, 0.05) is 24.4 Å². The summed E-state index contributed by atoms with van der Waals surface area (Å²) in [7, 11) is 0. The van der Waals surface area contributed by atoms with Gasteiger partial charge in [-0.25, -0.2) is 4.39 Å². The number of benzene rings is 1. The molecule has 0 spiro atoms. The lowest BCUT2D eigenvalue weighted by Crippen LogP contribution is -2.25. The molecule has 1 aromatic heterocycles. The predicted octanol–water partition coefficient (Wildman–Crippen LogP) is 3.32. The third-order valence-corrected chi connectivity index (χ3v) is 3.14. The van der Waals surface area contributed by atoms with Gasteiger partial charge in [0.25, 0.3) is 0 Å². The molecule has 2 nitrogen and oxygen atoms in total. The van der Waals surface area contributed by atoms with Crippen molar-refractivity contribution in [1.82, 2.24) is 4.98 Å². The highest BCUT2D eigenvalue weighted by Gasteiger charge is 2.25. The Labute approximate surface area is 110 Å². The van der Waals surface area contributed by atoms with Gasteiger partial charge >= 0.3 is 0 Å². The van der Waals surface area contributed by atoms with E-state index < -0.39 is 11.4 Å². The van der Waals surface area contributed by atoms with Crippen molar-refractivity contribution in [2.75, 3.05) is 0 Å². The minimum absolute atomic E-state index is 0.0643. The van der Waals surface area contributed by atoms with Crippen molar-refractivity contribution in [2.24, 2.45) is 0 Å². The van der Waals surface area contributed by atoms with Crippen LogP contribution in [-0.2, 0) is 12.0 Å². The first-order chi connectivity index (χ1) is 8.50. The molecule has 0 radical (unpaired) electrons. The van der Waals surface area contributed by atoms with Gasteiger partial charge in [-0.05, 0) is 24.6 Å². The van der Waals surface area contributed by atoms with Crippen LogP contribution < -0.4 is 0 Å². The van der Waals surface area contributed by atoms with Gasteiger partial charge in [0.15, 0.2) is 0 Å². The summed E-state index contributed by atoms with van der Waals surface area (Å²) < 4.78 is 13.8. The molecule has 0 amide bonds. The van der Waals surface area contributed by atoms with E-state index in [1.165, 1.54) is 6.07 Å². The highest BCUT2D eigenvalue weighted by atomic mass is 35.5. The average molecular weight is 266 g/mol. The predicted molar refractivity (Wildman–Crippen MR) is 68.9 cm³/mol. The van der Waals surface area contributed by atoms with Crippen LogP contribution in [0.5, 0.6) is 0 Å². The summed E-state index contributed by atoms with van der Waals surface area (Å²) in [4.78, 5) is 3.95. The van der Waals surface area contributed by atoms with Crippen molar-refractivity contribution >= 4 is 11.6 Å². The molecule has 1 unspecified atom stereocenters. The molecule has 1 atom stereocenters. The van der Waals surface area contributed by atoms with Crippen molar-refractivity contribution in [1.29, 1.82) is 0 Å². The van der Waals surface area contributed by atoms with E-state index in [4.69, 9.17) is 11.6 Å². The Bertz CT molecular complexity index is 543. The van der Waals surface area contributed by atoms with E-state index in [9.17, 15) is 9.50 Å². The quantitative estimate of drug-likeness (QED) is 0.923. The maximum Gasteiger partial charge on any atom is 0.145 e. The van der Waals surface area contributed by atoms with Gasteiger partial charge in [0.2, 0.25) is 0 Å². The Balaban J connectivity index is 2.31. The molecule has 0 aliphatic carbocycles. The van der Waals surface area contributed by atoms with E-state index in [1.807, 2.05) is 0 Å². The first kappa shape index (κ1) is 13.0. The number of halogens is 2. The molecule has 0 bridgehead atoms. The number of aromatic nitrogens is 1. The number of nitrogens with zero attached hydrogens (tertiary/aromatic N) is 1. The van der Waals surface area contributed by atoms with Crippen LogP contribution >= 0.6 is 11.6 Å². The Morgan fingerprint density at radius 1 is 1.33 bits per heavy atom. The van der Waals surface area contributed by atoms with E-state index >= 15 is 0 Å². The maximum absolute atomic E-state index is 13.8. The molecule has 1 heterocycles. The third kappa shape index (κ3) is 2.68. The summed E-state index contributed by atoms with van der Waals surface area (Å²) in [6, 6.07) is 8.26. The van der Waals surface area contributed by atoms with E-state index in [0.717, 1.165) is 0 Å². The molecule has 0 saturated heterocycles. The van der Waals surface area contributed by atoms with Crippen molar-refractivity contribution in [2.45, 2.75) is 18.9 Å². The second kappa shape index (κ2) is 5.04. The molecule has 2 aromatic rings. The lowest BCUT2D eigenvalue weighted by molar-refractivity contribution is 0.0563. The summed E-state index contributed by atoms with van der Waals surface area (Å²) in [6.07, 6.45) is 3.34. The maximum atomic E-state index is 13.8. The topological polar surface area (TPSA) is 33.1 Å². The van der Waals surface area contributed by atoms with E-state index in [-0.39, 0.29) is 11.4 Å². The first-order valence-electron chi connectivity index (χ1n) is 5.56. The number of pyridine rings is 1. The Hall–Kier alpha value is -1.45. The standard InChI is InChI=1S/C14H13ClFNO/c1-14(18,11-5-3-7-17-9-11)8-10-4-2-6-12(15)13(10)16/h2-7,9,18H,8H2,1H3. The Kier molecular flexibility index (Phi) is 3.64. The van der Waals surface area contributed by atoms with Crippen LogP contribution in [0.4, 0.5) is 4.39 Å². The Morgan fingerprint density at radius 3 is 2.78 bits per heavy atom. The van der Waals surface area contributed by atoms with Gasteiger partial charge < -0.3 is 5.11 Å². The molecule has 4 heteroatoms. The molecule has 94 valence electrons. The van der Waals surface area contributed by atoms with Crippen LogP contribution in [0.2, 0.25) is 5.02 Å². The van der Waals surface area contributed by atoms with Gasteiger partial charge in [-0.3, -0.25) is 4.98 Å². The zero-order chi connectivity index (χ0) is 13.2. The number of hydrogen-bond donors (Lipinski definition) is 1. The van der Waals surface area contributed by atoms with Crippen LogP contribution in [0.25, 0.3) is 0 Å². The lowest BCUT2D eigenvalue weighted by Gasteiger charge is -2.23. The molecule has 0 fully saturated rings. The monoisotopic (exact) mass is 265 g/mol. The first-order valence-corrected chi connectivity index (χ1v) is 5.94. The van der Waals surface area contributed by atoms with Crippen molar-refractivity contribution in [3.8, 4) is 0 Å². The second-order valence-corrected chi connectivity index (χ2v) is 4.81. The largest absolute Gasteiger partial charge is 0.385 e. The fraction of sp³-hybridized carbons (Fsp3) is 0.214. The van der Waals surface area contributed by atoms with Gasteiger partial charge in [-0.1, -0.05) is 29.8 Å². The number of hydrogen-bond acceptors (Lipinski definition) is 2. The molecule has 0 aliphatic heterocycles. The molecular weight excluding hydrogens is 253 g/mol. The average Bonchev–Trinajstić information content (AvgIpc) is 2.36. The van der Waals surface area contributed by atoms with Crippen LogP contribution in [-0.4, -0.2) is 10.1 Å². The van der Waals surface area contributed by atoms with E-state index in [1.54, 1.807) is 43.6 Å². The fourth-order valence-corrected chi connectivity index (χ4v) is 2.03. The van der Waals surface area contributed by atoms with Crippen LogP contribution in [0.1, 0.15) is 18.1 Å². The molecule has 2 rings (SSSR count). The van der Waals surface area contributed by atoms with Gasteiger partial charge in [-0.2, -0.15) is 0 Å². The van der Waals surface area contributed by atoms with Crippen molar-refractivity contribution in [3.05, 3.63) is 64.7 Å². The zero-order valence-electron chi connectivity index (χ0n) is 9.90. The van der Waals surface area contributed by atoms with Crippen LogP contribution in [0.15, 0.2) is 42.7 Å². The normalized spacial score (nSPS) is 14.2. The molecule has 0 saturated carbocycles. The van der Waals surface area contributed by atoms with Gasteiger partial charge in [0.1, 0.15) is 5.82 Å². The zero-order valence-corrected chi connectivity index (χ0v) is 10.7. The Morgan fingerprint density at radius 2 is 2.11 bits per heavy atom. The summed E-state index contributed by atoms with van der Waals surface area (Å²) in [6.45, 7) is 1.63. The summed E-state index contributed by atoms with van der Waals surface area (Å²) in [5.74, 6) is -0.483. The smallest absolute Gasteiger partial charge is 0.145 e. The highest BCUT2D eigenvalue weighted by molar-refractivity contribution is 6.30. The van der Waals surface area contributed by atoms with Crippen molar-refractivity contribution < 1.29 is 9.50 Å². The number of rotatable bonds is 3. The highest BCUT2D eigenvalue weighted by Crippen LogP contribution is 2.27. The van der Waals surface area contributed by atoms with Crippen molar-refractivity contribution in [3.63, 3.8) is 0 Å². The summed E-state index contributed by atoms with van der Waals surface area (Å²) in [5, 5.41) is 10.5. The SMILES string of the molecule is CC(O)(Cc1cccc(Cl)c1F)c1cccnc1.